The van der Waals surface area contributed by atoms with Gasteiger partial charge in [-0.15, -0.1) is 0 Å². The average Bonchev–Trinajstić information content (AvgIpc) is 2.88. The van der Waals surface area contributed by atoms with Crippen LogP contribution in [0.1, 0.15) is 11.3 Å². The lowest BCUT2D eigenvalue weighted by Crippen LogP contribution is -2.03. The molecule has 0 unspecified atom stereocenters. The molecule has 106 valence electrons. The van der Waals surface area contributed by atoms with E-state index < -0.39 is 4.92 Å². The van der Waals surface area contributed by atoms with Crippen LogP contribution >= 0.6 is 0 Å². The number of nitro groups is 1. The van der Waals surface area contributed by atoms with Gasteiger partial charge in [0.15, 0.2) is 5.58 Å². The van der Waals surface area contributed by atoms with Gasteiger partial charge in [-0.05, 0) is 25.1 Å². The lowest BCUT2D eigenvalue weighted by atomic mass is 10.2. The van der Waals surface area contributed by atoms with Crippen molar-refractivity contribution in [1.29, 1.82) is 0 Å². The number of hydrogen-bond donors (Lipinski definition) is 1. The lowest BCUT2D eigenvalue weighted by Gasteiger charge is -2.04. The summed E-state index contributed by atoms with van der Waals surface area (Å²) in [6.45, 7) is 2.11. The average molecular weight is 284 g/mol. The molecule has 2 heterocycles. The van der Waals surface area contributed by atoms with E-state index >= 15 is 0 Å². The van der Waals surface area contributed by atoms with Gasteiger partial charge >= 0.3 is 0 Å². The molecule has 0 aliphatic carbocycles. The molecule has 0 fully saturated rings. The van der Waals surface area contributed by atoms with E-state index in [-0.39, 0.29) is 5.69 Å². The minimum atomic E-state index is -0.447. The Kier molecular flexibility index (Phi) is 3.23. The maximum atomic E-state index is 10.7. The zero-order chi connectivity index (χ0) is 14.8. The molecule has 3 aromatic rings. The van der Waals surface area contributed by atoms with E-state index in [1.165, 1.54) is 6.20 Å². The Hall–Kier alpha value is -2.96. The van der Waals surface area contributed by atoms with Gasteiger partial charge in [0, 0.05) is 10.9 Å². The second kappa shape index (κ2) is 5.20. The molecule has 0 aliphatic heterocycles. The summed E-state index contributed by atoms with van der Waals surface area (Å²) in [5.74, 6) is 0.560. The molecule has 1 aromatic carbocycles. The minimum absolute atomic E-state index is 0.00689. The predicted octanol–water partition coefficient (Wildman–Crippen LogP) is 3.05. The van der Waals surface area contributed by atoms with Crippen molar-refractivity contribution in [1.82, 2.24) is 10.1 Å². The summed E-state index contributed by atoms with van der Waals surface area (Å²) in [5, 5.41) is 18.8. The van der Waals surface area contributed by atoms with E-state index in [2.05, 4.69) is 15.5 Å². The second-order valence-corrected chi connectivity index (χ2v) is 4.59. The first kappa shape index (κ1) is 13.0. The first-order chi connectivity index (χ1) is 10.1. The molecule has 21 heavy (non-hydrogen) atoms. The molecule has 0 atom stereocenters. The van der Waals surface area contributed by atoms with E-state index in [4.69, 9.17) is 4.52 Å². The van der Waals surface area contributed by atoms with Gasteiger partial charge in [0.2, 0.25) is 0 Å². The van der Waals surface area contributed by atoms with Gasteiger partial charge in [-0.1, -0.05) is 17.3 Å². The molecule has 7 heteroatoms. The number of fused-ring (bicyclic) bond motifs is 1. The Morgan fingerprint density at radius 1 is 1.38 bits per heavy atom. The number of rotatable bonds is 4. The van der Waals surface area contributed by atoms with Crippen molar-refractivity contribution in [3.05, 3.63) is 57.9 Å². The molecule has 3 rings (SSSR count). The molecular formula is C14H12N4O3. The van der Waals surface area contributed by atoms with Crippen molar-refractivity contribution >= 4 is 22.5 Å². The van der Waals surface area contributed by atoms with Gasteiger partial charge in [0.05, 0.1) is 11.5 Å². The molecule has 0 spiro atoms. The smallest absolute Gasteiger partial charge is 0.290 e. The van der Waals surface area contributed by atoms with E-state index in [1.54, 1.807) is 13.0 Å². The maximum absolute atomic E-state index is 10.7. The van der Waals surface area contributed by atoms with Gasteiger partial charge in [0.1, 0.15) is 17.7 Å². The monoisotopic (exact) mass is 284 g/mol. The lowest BCUT2D eigenvalue weighted by molar-refractivity contribution is -0.385. The highest BCUT2D eigenvalue weighted by molar-refractivity contribution is 5.79. The van der Waals surface area contributed by atoms with Crippen molar-refractivity contribution in [3.63, 3.8) is 0 Å². The Balaban J connectivity index is 1.79. The van der Waals surface area contributed by atoms with Crippen molar-refractivity contribution in [2.24, 2.45) is 0 Å². The van der Waals surface area contributed by atoms with Crippen LogP contribution in [0.4, 0.5) is 11.5 Å². The van der Waals surface area contributed by atoms with Crippen LogP contribution in [-0.4, -0.2) is 15.1 Å². The van der Waals surface area contributed by atoms with Crippen LogP contribution in [0.25, 0.3) is 11.0 Å². The standard InChI is InChI=1S/C14H12N4O3/c1-9-6-14(16-8-12(9)18(19)20)15-7-11-10-4-2-3-5-13(10)21-17-11/h2-6,8H,7H2,1H3,(H,15,16). The highest BCUT2D eigenvalue weighted by Crippen LogP contribution is 2.21. The molecule has 0 amide bonds. The van der Waals surface area contributed by atoms with E-state index in [0.29, 0.717) is 17.9 Å². The number of pyridine rings is 1. The van der Waals surface area contributed by atoms with E-state index in [1.807, 2.05) is 24.3 Å². The number of para-hydroxylation sites is 1. The quantitative estimate of drug-likeness (QED) is 0.584. The summed E-state index contributed by atoms with van der Waals surface area (Å²) < 4.78 is 5.21. The fraction of sp³-hybridized carbons (Fsp3) is 0.143. The van der Waals surface area contributed by atoms with Gasteiger partial charge in [0.25, 0.3) is 5.69 Å². The largest absolute Gasteiger partial charge is 0.364 e. The predicted molar refractivity (Wildman–Crippen MR) is 77.0 cm³/mol. The van der Waals surface area contributed by atoms with Crippen LogP contribution in [0, 0.1) is 17.0 Å². The van der Waals surface area contributed by atoms with Gasteiger partial charge in [-0.3, -0.25) is 10.1 Å². The van der Waals surface area contributed by atoms with Crippen LogP contribution in [-0.2, 0) is 6.54 Å². The molecule has 0 bridgehead atoms. The molecule has 2 aromatic heterocycles. The van der Waals surface area contributed by atoms with E-state index in [9.17, 15) is 10.1 Å². The molecule has 0 radical (unpaired) electrons. The number of aryl methyl sites for hydroxylation is 1. The maximum Gasteiger partial charge on any atom is 0.290 e. The summed E-state index contributed by atoms with van der Waals surface area (Å²) in [7, 11) is 0. The minimum Gasteiger partial charge on any atom is -0.364 e. The summed E-state index contributed by atoms with van der Waals surface area (Å²) in [5.41, 5.74) is 2.06. The fourth-order valence-corrected chi connectivity index (χ4v) is 2.08. The van der Waals surface area contributed by atoms with Gasteiger partial charge in [-0.25, -0.2) is 4.98 Å². The second-order valence-electron chi connectivity index (χ2n) is 4.59. The molecular weight excluding hydrogens is 272 g/mol. The fourth-order valence-electron chi connectivity index (χ4n) is 2.08. The van der Waals surface area contributed by atoms with Crippen molar-refractivity contribution in [2.45, 2.75) is 13.5 Å². The summed E-state index contributed by atoms with van der Waals surface area (Å²) >= 11 is 0. The zero-order valence-corrected chi connectivity index (χ0v) is 11.2. The topological polar surface area (TPSA) is 94.1 Å². The van der Waals surface area contributed by atoms with Gasteiger partial charge in [-0.2, -0.15) is 0 Å². The van der Waals surface area contributed by atoms with Gasteiger partial charge < -0.3 is 9.84 Å². The Bertz CT molecular complexity index is 813. The first-order valence-electron chi connectivity index (χ1n) is 6.33. The zero-order valence-electron chi connectivity index (χ0n) is 11.2. The van der Waals surface area contributed by atoms with Crippen LogP contribution < -0.4 is 5.32 Å². The van der Waals surface area contributed by atoms with E-state index in [0.717, 1.165) is 16.7 Å². The van der Waals surface area contributed by atoms with Crippen LogP contribution in [0.2, 0.25) is 0 Å². The number of hydrogen-bond acceptors (Lipinski definition) is 6. The Morgan fingerprint density at radius 2 is 2.19 bits per heavy atom. The highest BCUT2D eigenvalue weighted by Gasteiger charge is 2.12. The number of nitrogens with one attached hydrogen (secondary N) is 1. The van der Waals surface area contributed by atoms with Crippen molar-refractivity contribution in [2.75, 3.05) is 5.32 Å². The highest BCUT2D eigenvalue weighted by atomic mass is 16.6. The van der Waals surface area contributed by atoms with Crippen molar-refractivity contribution < 1.29 is 9.45 Å². The summed E-state index contributed by atoms with van der Waals surface area (Å²) in [6.07, 6.45) is 1.25. The number of nitrogens with zero attached hydrogens (tertiary/aromatic N) is 3. The molecule has 1 N–H and O–H groups in total. The molecule has 7 nitrogen and oxygen atoms in total. The van der Waals surface area contributed by atoms with Crippen LogP contribution in [0.3, 0.4) is 0 Å². The third-order valence-electron chi connectivity index (χ3n) is 3.17. The third-order valence-corrected chi connectivity index (χ3v) is 3.17. The molecule has 0 saturated carbocycles. The van der Waals surface area contributed by atoms with Crippen LogP contribution in [0.15, 0.2) is 41.1 Å². The third kappa shape index (κ3) is 2.53. The number of benzene rings is 1. The van der Waals surface area contributed by atoms with Crippen LogP contribution in [0.5, 0.6) is 0 Å². The Morgan fingerprint density at radius 3 is 2.95 bits per heavy atom. The molecule has 0 saturated heterocycles. The first-order valence-corrected chi connectivity index (χ1v) is 6.33. The van der Waals surface area contributed by atoms with Crippen molar-refractivity contribution in [3.8, 4) is 0 Å². The summed E-state index contributed by atoms with van der Waals surface area (Å²) in [4.78, 5) is 14.3. The normalized spacial score (nSPS) is 10.7. The summed E-state index contributed by atoms with van der Waals surface area (Å²) in [6, 6.07) is 9.21. The SMILES string of the molecule is Cc1cc(NCc2noc3ccccc23)ncc1[N+](=O)[O-]. The number of anilines is 1. The number of aromatic nitrogens is 2. The Labute approximate surface area is 119 Å². The molecule has 0 aliphatic rings.